The lowest BCUT2D eigenvalue weighted by molar-refractivity contribution is 0.140. The zero-order valence-corrected chi connectivity index (χ0v) is 10.1. The summed E-state index contributed by atoms with van der Waals surface area (Å²) in [6.45, 7) is 4.11. The summed E-state index contributed by atoms with van der Waals surface area (Å²) in [4.78, 5) is 0. The average Bonchev–Trinajstić information content (AvgIpc) is 2.34. The third kappa shape index (κ3) is 2.38. The molecular weight excluding hydrogens is 210 g/mol. The van der Waals surface area contributed by atoms with E-state index in [9.17, 15) is 5.21 Å². The monoisotopic (exact) mass is 227 g/mol. The third-order valence-corrected chi connectivity index (χ3v) is 3.13. The topological polar surface area (TPSA) is 32.3 Å². The van der Waals surface area contributed by atoms with Crippen molar-refractivity contribution in [1.29, 1.82) is 0 Å². The number of hydroxylamine groups is 1. The Hall–Kier alpha value is -1.64. The van der Waals surface area contributed by atoms with Crippen molar-refractivity contribution >= 4 is 0 Å². The fraction of sp³-hybridized carbons (Fsp3) is 0.200. The van der Waals surface area contributed by atoms with Gasteiger partial charge in [0, 0.05) is 0 Å². The molecule has 2 rings (SSSR count). The van der Waals surface area contributed by atoms with E-state index in [1.807, 2.05) is 36.4 Å². The first-order valence-electron chi connectivity index (χ1n) is 5.74. The molecule has 0 heterocycles. The van der Waals surface area contributed by atoms with E-state index in [-0.39, 0.29) is 6.04 Å². The summed E-state index contributed by atoms with van der Waals surface area (Å²) in [7, 11) is 0. The number of hydrogen-bond donors (Lipinski definition) is 2. The van der Waals surface area contributed by atoms with Crippen molar-refractivity contribution in [3.8, 4) is 0 Å². The largest absolute Gasteiger partial charge is 0.316 e. The van der Waals surface area contributed by atoms with E-state index in [1.165, 1.54) is 11.1 Å². The summed E-state index contributed by atoms with van der Waals surface area (Å²) >= 11 is 0. The second-order valence-electron chi connectivity index (χ2n) is 4.28. The Balaban J connectivity index is 2.48. The molecule has 17 heavy (non-hydrogen) atoms. The van der Waals surface area contributed by atoms with Crippen LogP contribution in [0.2, 0.25) is 0 Å². The molecule has 0 aliphatic carbocycles. The van der Waals surface area contributed by atoms with Crippen LogP contribution in [0.1, 0.15) is 28.3 Å². The Kier molecular flexibility index (Phi) is 3.57. The van der Waals surface area contributed by atoms with E-state index in [1.54, 1.807) is 0 Å². The Morgan fingerprint density at radius 2 is 1.24 bits per heavy atom. The average molecular weight is 227 g/mol. The van der Waals surface area contributed by atoms with Gasteiger partial charge in [0.15, 0.2) is 0 Å². The number of aryl methyl sites for hydroxylation is 2. The van der Waals surface area contributed by atoms with Crippen molar-refractivity contribution in [2.45, 2.75) is 19.9 Å². The van der Waals surface area contributed by atoms with Crippen LogP contribution in [0.3, 0.4) is 0 Å². The zero-order chi connectivity index (χ0) is 12.3. The van der Waals surface area contributed by atoms with Gasteiger partial charge in [-0.1, -0.05) is 48.5 Å². The van der Waals surface area contributed by atoms with Gasteiger partial charge in [0.05, 0.1) is 6.04 Å². The summed E-state index contributed by atoms with van der Waals surface area (Å²) in [6.07, 6.45) is 0. The number of hydrogen-bond acceptors (Lipinski definition) is 2. The van der Waals surface area contributed by atoms with Crippen molar-refractivity contribution in [3.05, 3.63) is 70.8 Å². The molecule has 0 atom stereocenters. The normalized spacial score (nSPS) is 10.8. The molecule has 0 unspecified atom stereocenters. The summed E-state index contributed by atoms with van der Waals surface area (Å²) in [5, 5.41) is 9.43. The van der Waals surface area contributed by atoms with Crippen molar-refractivity contribution in [1.82, 2.24) is 5.48 Å². The smallest absolute Gasteiger partial charge is 0.0824 e. The fourth-order valence-electron chi connectivity index (χ4n) is 2.13. The maximum Gasteiger partial charge on any atom is 0.0824 e. The molecule has 88 valence electrons. The van der Waals surface area contributed by atoms with Gasteiger partial charge in [0.25, 0.3) is 0 Å². The minimum atomic E-state index is -0.169. The van der Waals surface area contributed by atoms with Gasteiger partial charge in [0.2, 0.25) is 0 Å². The first kappa shape index (κ1) is 11.8. The number of rotatable bonds is 3. The van der Waals surface area contributed by atoms with Gasteiger partial charge in [0.1, 0.15) is 0 Å². The second kappa shape index (κ2) is 5.13. The van der Waals surface area contributed by atoms with E-state index in [0.29, 0.717) is 0 Å². The van der Waals surface area contributed by atoms with Crippen LogP contribution in [0.25, 0.3) is 0 Å². The van der Waals surface area contributed by atoms with Crippen LogP contribution < -0.4 is 5.48 Å². The van der Waals surface area contributed by atoms with Crippen molar-refractivity contribution in [3.63, 3.8) is 0 Å². The second-order valence-corrected chi connectivity index (χ2v) is 4.28. The van der Waals surface area contributed by atoms with Gasteiger partial charge >= 0.3 is 0 Å². The highest BCUT2D eigenvalue weighted by Gasteiger charge is 2.16. The fourth-order valence-corrected chi connectivity index (χ4v) is 2.13. The third-order valence-electron chi connectivity index (χ3n) is 3.13. The number of benzene rings is 2. The first-order valence-corrected chi connectivity index (χ1v) is 5.74. The lowest BCUT2D eigenvalue weighted by Crippen LogP contribution is -2.20. The maximum absolute atomic E-state index is 9.43. The van der Waals surface area contributed by atoms with Crippen LogP contribution in [-0.4, -0.2) is 5.21 Å². The molecule has 0 aliphatic rings. The molecule has 0 aromatic heterocycles. The lowest BCUT2D eigenvalue weighted by atomic mass is 9.93. The molecular formula is C15H17NO. The highest BCUT2D eigenvalue weighted by Crippen LogP contribution is 2.26. The SMILES string of the molecule is Cc1ccccc1C(NO)c1ccccc1C. The van der Waals surface area contributed by atoms with Gasteiger partial charge in [-0.15, -0.1) is 0 Å². The molecule has 2 aromatic carbocycles. The van der Waals surface area contributed by atoms with Crippen LogP contribution in [0, 0.1) is 13.8 Å². The first-order chi connectivity index (χ1) is 8.24. The van der Waals surface area contributed by atoms with Gasteiger partial charge in [-0.25, -0.2) is 0 Å². The minimum Gasteiger partial charge on any atom is -0.316 e. The van der Waals surface area contributed by atoms with E-state index in [4.69, 9.17) is 0 Å². The molecule has 0 aliphatic heterocycles. The minimum absolute atomic E-state index is 0.169. The van der Waals surface area contributed by atoms with E-state index < -0.39 is 0 Å². The Morgan fingerprint density at radius 1 is 0.824 bits per heavy atom. The molecule has 2 heteroatoms. The maximum atomic E-state index is 9.43. The molecule has 0 radical (unpaired) electrons. The summed E-state index contributed by atoms with van der Waals surface area (Å²) < 4.78 is 0. The van der Waals surface area contributed by atoms with Crippen molar-refractivity contribution in [2.75, 3.05) is 0 Å². The standard InChI is InChI=1S/C15H17NO/c1-11-7-3-5-9-13(11)15(16-17)14-10-6-4-8-12(14)2/h3-10,15-17H,1-2H3. The van der Waals surface area contributed by atoms with Crippen LogP contribution in [-0.2, 0) is 0 Å². The Labute approximate surface area is 102 Å². The zero-order valence-electron chi connectivity index (χ0n) is 10.1. The van der Waals surface area contributed by atoms with Gasteiger partial charge < -0.3 is 5.21 Å². The van der Waals surface area contributed by atoms with E-state index >= 15 is 0 Å². The predicted octanol–water partition coefficient (Wildman–Crippen LogP) is 3.37. The molecule has 2 N–H and O–H groups in total. The van der Waals surface area contributed by atoms with Crippen molar-refractivity contribution < 1.29 is 5.21 Å². The molecule has 0 fully saturated rings. The molecule has 0 bridgehead atoms. The Morgan fingerprint density at radius 3 is 1.59 bits per heavy atom. The van der Waals surface area contributed by atoms with Gasteiger partial charge in [-0.3, -0.25) is 0 Å². The van der Waals surface area contributed by atoms with E-state index in [2.05, 4.69) is 31.5 Å². The highest BCUT2D eigenvalue weighted by molar-refractivity contribution is 5.39. The van der Waals surface area contributed by atoms with Crippen LogP contribution in [0.4, 0.5) is 0 Å². The lowest BCUT2D eigenvalue weighted by Gasteiger charge is -2.20. The summed E-state index contributed by atoms with van der Waals surface area (Å²) in [6, 6.07) is 16.0. The Bertz CT molecular complexity index is 462. The summed E-state index contributed by atoms with van der Waals surface area (Å²) in [5.41, 5.74) is 6.96. The van der Waals surface area contributed by atoms with Crippen LogP contribution in [0.5, 0.6) is 0 Å². The van der Waals surface area contributed by atoms with Crippen molar-refractivity contribution in [2.24, 2.45) is 0 Å². The van der Waals surface area contributed by atoms with Gasteiger partial charge in [-0.05, 0) is 36.1 Å². The van der Waals surface area contributed by atoms with Crippen LogP contribution >= 0.6 is 0 Å². The molecule has 0 spiro atoms. The predicted molar refractivity (Wildman–Crippen MR) is 69.1 cm³/mol. The molecule has 2 aromatic rings. The quantitative estimate of drug-likeness (QED) is 0.788. The molecule has 0 saturated heterocycles. The molecule has 0 amide bonds. The van der Waals surface area contributed by atoms with E-state index in [0.717, 1.165) is 11.1 Å². The van der Waals surface area contributed by atoms with Crippen LogP contribution in [0.15, 0.2) is 48.5 Å². The highest BCUT2D eigenvalue weighted by atomic mass is 16.5. The summed E-state index contributed by atoms with van der Waals surface area (Å²) in [5.74, 6) is 0. The molecule has 0 saturated carbocycles. The molecule has 2 nitrogen and oxygen atoms in total. The number of nitrogens with one attached hydrogen (secondary N) is 1. The van der Waals surface area contributed by atoms with Gasteiger partial charge in [-0.2, -0.15) is 5.48 Å².